The summed E-state index contributed by atoms with van der Waals surface area (Å²) in [5.41, 5.74) is 2.58. The van der Waals surface area contributed by atoms with E-state index in [9.17, 15) is 4.79 Å². The minimum absolute atomic E-state index is 0.300. The van der Waals surface area contributed by atoms with Crippen molar-refractivity contribution in [1.29, 1.82) is 0 Å². The maximum absolute atomic E-state index is 11.4. The zero-order valence-corrected chi connectivity index (χ0v) is 9.54. The summed E-state index contributed by atoms with van der Waals surface area (Å²) < 4.78 is 4.68. The topological polar surface area (TPSA) is 26.3 Å². The zero-order valence-electron chi connectivity index (χ0n) is 9.54. The molecule has 0 bridgehead atoms. The fourth-order valence-electron chi connectivity index (χ4n) is 1.59. The van der Waals surface area contributed by atoms with Crippen LogP contribution >= 0.6 is 0 Å². The van der Waals surface area contributed by atoms with Crippen LogP contribution in [0, 0.1) is 12.8 Å². The monoisotopic (exact) mass is 205 g/mol. The third-order valence-corrected chi connectivity index (χ3v) is 2.12. The predicted octanol–water partition coefficient (Wildman–Crippen LogP) is 2.85. The highest BCUT2D eigenvalue weighted by Crippen LogP contribution is 2.14. The summed E-state index contributed by atoms with van der Waals surface area (Å²) in [5, 5.41) is 0. The molecule has 1 radical (unpaired) electrons. The van der Waals surface area contributed by atoms with Gasteiger partial charge in [-0.15, -0.1) is 0 Å². The minimum atomic E-state index is -0.300. The van der Waals surface area contributed by atoms with Gasteiger partial charge >= 0.3 is 5.97 Å². The van der Waals surface area contributed by atoms with Crippen molar-refractivity contribution in [3.63, 3.8) is 0 Å². The van der Waals surface area contributed by atoms with E-state index in [-0.39, 0.29) is 5.97 Å². The average molecular weight is 205 g/mol. The molecular formula is C13H17O2. The van der Waals surface area contributed by atoms with E-state index in [4.69, 9.17) is 0 Å². The molecule has 2 heteroatoms. The lowest BCUT2D eigenvalue weighted by Gasteiger charge is -2.08. The lowest BCUT2D eigenvalue weighted by atomic mass is 9.99. The quantitative estimate of drug-likeness (QED) is 0.709. The van der Waals surface area contributed by atoms with Crippen LogP contribution in [0.25, 0.3) is 0 Å². The van der Waals surface area contributed by atoms with Crippen LogP contribution in [0.2, 0.25) is 0 Å². The third-order valence-electron chi connectivity index (χ3n) is 2.12. The Morgan fingerprint density at radius 3 is 2.60 bits per heavy atom. The SMILES string of the molecule is [CH2]c1cc(CC(C)C)cc(C(=O)OC)c1. The van der Waals surface area contributed by atoms with E-state index in [1.54, 1.807) is 6.07 Å². The highest BCUT2D eigenvalue weighted by atomic mass is 16.5. The summed E-state index contributed by atoms with van der Waals surface area (Å²) in [6.07, 6.45) is 0.952. The van der Waals surface area contributed by atoms with E-state index in [0.717, 1.165) is 17.5 Å². The Morgan fingerprint density at radius 1 is 1.40 bits per heavy atom. The van der Waals surface area contributed by atoms with Crippen molar-refractivity contribution < 1.29 is 9.53 Å². The van der Waals surface area contributed by atoms with Crippen LogP contribution in [-0.4, -0.2) is 13.1 Å². The zero-order chi connectivity index (χ0) is 11.4. The summed E-state index contributed by atoms with van der Waals surface area (Å²) in [7, 11) is 1.39. The highest BCUT2D eigenvalue weighted by molar-refractivity contribution is 5.89. The molecule has 0 amide bonds. The summed E-state index contributed by atoms with van der Waals surface area (Å²) in [6.45, 7) is 8.15. The highest BCUT2D eigenvalue weighted by Gasteiger charge is 2.08. The molecule has 0 aromatic heterocycles. The molecule has 81 valence electrons. The molecular weight excluding hydrogens is 188 g/mol. The van der Waals surface area contributed by atoms with E-state index in [1.165, 1.54) is 7.11 Å². The van der Waals surface area contributed by atoms with Crippen molar-refractivity contribution in [2.45, 2.75) is 20.3 Å². The Hall–Kier alpha value is -1.31. The fourth-order valence-corrected chi connectivity index (χ4v) is 1.59. The van der Waals surface area contributed by atoms with Crippen LogP contribution in [0.5, 0.6) is 0 Å². The van der Waals surface area contributed by atoms with Crippen LogP contribution in [0.15, 0.2) is 18.2 Å². The van der Waals surface area contributed by atoms with E-state index in [1.807, 2.05) is 12.1 Å². The Balaban J connectivity index is 2.99. The summed E-state index contributed by atoms with van der Waals surface area (Å²) in [5.74, 6) is 0.266. The van der Waals surface area contributed by atoms with Crippen molar-refractivity contribution in [1.82, 2.24) is 0 Å². The van der Waals surface area contributed by atoms with Gasteiger partial charge < -0.3 is 4.74 Å². The normalized spacial score (nSPS) is 10.5. The summed E-state index contributed by atoms with van der Waals surface area (Å²) >= 11 is 0. The van der Waals surface area contributed by atoms with Crippen LogP contribution in [-0.2, 0) is 11.2 Å². The molecule has 0 spiro atoms. The van der Waals surface area contributed by atoms with Gasteiger partial charge in [0.1, 0.15) is 0 Å². The van der Waals surface area contributed by atoms with Gasteiger partial charge in [0.25, 0.3) is 0 Å². The molecule has 0 N–H and O–H groups in total. The smallest absolute Gasteiger partial charge is 0.337 e. The van der Waals surface area contributed by atoms with Crippen LogP contribution in [0.3, 0.4) is 0 Å². The van der Waals surface area contributed by atoms with Gasteiger partial charge in [0.15, 0.2) is 0 Å². The van der Waals surface area contributed by atoms with Gasteiger partial charge in [0.2, 0.25) is 0 Å². The molecule has 0 fully saturated rings. The van der Waals surface area contributed by atoms with Crippen molar-refractivity contribution in [3.05, 3.63) is 41.8 Å². The molecule has 1 aromatic rings. The van der Waals surface area contributed by atoms with Crippen molar-refractivity contribution in [2.75, 3.05) is 7.11 Å². The molecule has 0 atom stereocenters. The first-order valence-corrected chi connectivity index (χ1v) is 5.07. The number of hydrogen-bond donors (Lipinski definition) is 0. The van der Waals surface area contributed by atoms with Gasteiger partial charge in [-0.25, -0.2) is 4.79 Å². The second-order valence-corrected chi connectivity index (χ2v) is 4.13. The molecule has 15 heavy (non-hydrogen) atoms. The molecule has 1 rings (SSSR count). The number of carbonyl (C=O) groups is 1. The van der Waals surface area contributed by atoms with Gasteiger partial charge in [0, 0.05) is 0 Å². The van der Waals surface area contributed by atoms with Gasteiger partial charge in [-0.3, -0.25) is 0 Å². The minimum Gasteiger partial charge on any atom is -0.465 e. The van der Waals surface area contributed by atoms with Gasteiger partial charge in [-0.05, 0) is 42.5 Å². The van der Waals surface area contributed by atoms with Crippen LogP contribution < -0.4 is 0 Å². The summed E-state index contributed by atoms with van der Waals surface area (Å²) in [4.78, 5) is 11.4. The number of rotatable bonds is 3. The number of ether oxygens (including phenoxy) is 1. The lowest BCUT2D eigenvalue weighted by molar-refractivity contribution is 0.0600. The van der Waals surface area contributed by atoms with E-state index in [2.05, 4.69) is 25.5 Å². The summed E-state index contributed by atoms with van der Waals surface area (Å²) in [6, 6.07) is 5.63. The average Bonchev–Trinajstić information content (AvgIpc) is 2.14. The molecule has 2 nitrogen and oxygen atoms in total. The van der Waals surface area contributed by atoms with Gasteiger partial charge in [-0.2, -0.15) is 0 Å². The molecule has 0 unspecified atom stereocenters. The van der Waals surface area contributed by atoms with Crippen LogP contribution in [0.1, 0.15) is 35.3 Å². The number of benzene rings is 1. The second kappa shape index (κ2) is 4.96. The standard InChI is InChI=1S/C13H17O2/c1-9(2)5-11-6-10(3)7-12(8-11)13(14)15-4/h6-9H,3,5H2,1-2,4H3. The third kappa shape index (κ3) is 3.39. The number of hydrogen-bond acceptors (Lipinski definition) is 2. The van der Waals surface area contributed by atoms with E-state index < -0.39 is 0 Å². The van der Waals surface area contributed by atoms with Crippen molar-refractivity contribution in [3.8, 4) is 0 Å². The molecule has 0 aliphatic rings. The fraction of sp³-hybridized carbons (Fsp3) is 0.385. The van der Waals surface area contributed by atoms with Crippen molar-refractivity contribution >= 4 is 5.97 Å². The first-order chi connectivity index (χ1) is 7.02. The predicted molar refractivity (Wildman–Crippen MR) is 60.8 cm³/mol. The lowest BCUT2D eigenvalue weighted by Crippen LogP contribution is -2.04. The molecule has 0 saturated carbocycles. The Bertz CT molecular complexity index is 354. The van der Waals surface area contributed by atoms with Crippen LogP contribution in [0.4, 0.5) is 0 Å². The Morgan fingerprint density at radius 2 is 2.07 bits per heavy atom. The number of carbonyl (C=O) groups excluding carboxylic acids is 1. The number of esters is 1. The Kier molecular flexibility index (Phi) is 3.89. The van der Waals surface area contributed by atoms with Crippen molar-refractivity contribution in [2.24, 2.45) is 5.92 Å². The van der Waals surface area contributed by atoms with Gasteiger partial charge in [-0.1, -0.05) is 19.9 Å². The molecule has 0 saturated heterocycles. The molecule has 0 heterocycles. The molecule has 0 aliphatic carbocycles. The van der Waals surface area contributed by atoms with E-state index >= 15 is 0 Å². The Labute approximate surface area is 91.3 Å². The first kappa shape index (κ1) is 11.8. The van der Waals surface area contributed by atoms with Gasteiger partial charge in [0.05, 0.1) is 12.7 Å². The number of methoxy groups -OCH3 is 1. The maximum atomic E-state index is 11.4. The molecule has 1 aromatic carbocycles. The molecule has 0 aliphatic heterocycles. The van der Waals surface area contributed by atoms with E-state index in [0.29, 0.717) is 11.5 Å². The largest absolute Gasteiger partial charge is 0.465 e. The second-order valence-electron chi connectivity index (χ2n) is 4.13. The first-order valence-electron chi connectivity index (χ1n) is 5.07. The maximum Gasteiger partial charge on any atom is 0.337 e.